The number of amides is 2. The number of benzene rings is 2. The standard InChI is InChI=1S/C25H32N2O6/c1-16(26-24(31)33-15-17-9-7-6-8-10-17)22(29)27-20(23(30)32-5)14-18-11-12-21(28)19(13-18)25(2,3)4/h6-13,16,20,28H,14-15H2,1-5H3,(H,26,31)(H,27,29)/t16-,20-/m0/s1. The fourth-order valence-corrected chi connectivity index (χ4v) is 3.19. The summed E-state index contributed by atoms with van der Waals surface area (Å²) < 4.78 is 9.97. The molecule has 3 N–H and O–H groups in total. The number of nitrogens with one attached hydrogen (secondary N) is 2. The third kappa shape index (κ3) is 7.82. The Hall–Kier alpha value is -3.55. The highest BCUT2D eigenvalue weighted by atomic mass is 16.5. The van der Waals surface area contributed by atoms with Gasteiger partial charge in [0.25, 0.3) is 0 Å². The summed E-state index contributed by atoms with van der Waals surface area (Å²) in [4.78, 5) is 37.0. The fourth-order valence-electron chi connectivity index (χ4n) is 3.19. The van der Waals surface area contributed by atoms with E-state index in [2.05, 4.69) is 10.6 Å². The zero-order valence-corrected chi connectivity index (χ0v) is 19.7. The number of carbonyl (C=O) groups excluding carboxylic acids is 3. The number of hydrogen-bond donors (Lipinski definition) is 3. The number of carbonyl (C=O) groups is 3. The number of hydrogen-bond acceptors (Lipinski definition) is 6. The van der Waals surface area contributed by atoms with E-state index in [1.165, 1.54) is 14.0 Å². The molecule has 0 aliphatic rings. The molecule has 0 unspecified atom stereocenters. The van der Waals surface area contributed by atoms with Crippen molar-refractivity contribution in [2.75, 3.05) is 7.11 Å². The van der Waals surface area contributed by atoms with Gasteiger partial charge in [-0.2, -0.15) is 0 Å². The number of methoxy groups -OCH3 is 1. The summed E-state index contributed by atoms with van der Waals surface area (Å²) in [7, 11) is 1.24. The second-order valence-corrected chi connectivity index (χ2v) is 8.82. The van der Waals surface area contributed by atoms with Gasteiger partial charge in [0.2, 0.25) is 5.91 Å². The van der Waals surface area contributed by atoms with Gasteiger partial charge in [0.1, 0.15) is 24.4 Å². The van der Waals surface area contributed by atoms with Crippen molar-refractivity contribution in [3.05, 3.63) is 65.2 Å². The summed E-state index contributed by atoms with van der Waals surface area (Å²) in [5.41, 5.74) is 1.99. The molecule has 0 heterocycles. The van der Waals surface area contributed by atoms with Crippen molar-refractivity contribution in [2.45, 2.75) is 58.2 Å². The molecule has 0 saturated heterocycles. The maximum atomic E-state index is 12.6. The summed E-state index contributed by atoms with van der Waals surface area (Å²) in [5, 5.41) is 15.2. The first-order chi connectivity index (χ1) is 15.5. The van der Waals surface area contributed by atoms with Crippen LogP contribution in [0.25, 0.3) is 0 Å². The van der Waals surface area contributed by atoms with Crippen molar-refractivity contribution in [1.29, 1.82) is 0 Å². The molecule has 8 nitrogen and oxygen atoms in total. The first-order valence-electron chi connectivity index (χ1n) is 10.7. The van der Waals surface area contributed by atoms with Gasteiger partial charge in [-0.25, -0.2) is 9.59 Å². The molecule has 0 spiro atoms. The van der Waals surface area contributed by atoms with Gasteiger partial charge >= 0.3 is 12.1 Å². The monoisotopic (exact) mass is 456 g/mol. The molecule has 0 saturated carbocycles. The average molecular weight is 457 g/mol. The topological polar surface area (TPSA) is 114 Å². The van der Waals surface area contributed by atoms with Crippen LogP contribution in [0.2, 0.25) is 0 Å². The number of ether oxygens (including phenoxy) is 2. The lowest BCUT2D eigenvalue weighted by atomic mass is 9.85. The zero-order valence-electron chi connectivity index (χ0n) is 19.7. The molecule has 0 aliphatic carbocycles. The maximum Gasteiger partial charge on any atom is 0.408 e. The molecule has 2 atom stereocenters. The van der Waals surface area contributed by atoms with Gasteiger partial charge in [-0.1, -0.05) is 63.2 Å². The van der Waals surface area contributed by atoms with Crippen molar-refractivity contribution in [3.63, 3.8) is 0 Å². The third-order valence-corrected chi connectivity index (χ3v) is 5.05. The van der Waals surface area contributed by atoms with Crippen molar-refractivity contribution in [1.82, 2.24) is 10.6 Å². The number of aromatic hydroxyl groups is 1. The van der Waals surface area contributed by atoms with Gasteiger partial charge in [0, 0.05) is 6.42 Å². The van der Waals surface area contributed by atoms with Crippen LogP contribution >= 0.6 is 0 Å². The second-order valence-electron chi connectivity index (χ2n) is 8.82. The number of alkyl carbamates (subject to hydrolysis) is 1. The van der Waals surface area contributed by atoms with Crippen LogP contribution in [0.5, 0.6) is 5.75 Å². The van der Waals surface area contributed by atoms with E-state index in [9.17, 15) is 19.5 Å². The van der Waals surface area contributed by atoms with Crippen LogP contribution in [0.15, 0.2) is 48.5 Å². The minimum Gasteiger partial charge on any atom is -0.508 e. The van der Waals surface area contributed by atoms with Gasteiger partial charge < -0.3 is 25.2 Å². The van der Waals surface area contributed by atoms with Crippen LogP contribution in [-0.2, 0) is 37.5 Å². The number of rotatable bonds is 8. The molecule has 0 bridgehead atoms. The van der Waals surface area contributed by atoms with E-state index in [1.807, 2.05) is 51.1 Å². The van der Waals surface area contributed by atoms with E-state index in [4.69, 9.17) is 9.47 Å². The van der Waals surface area contributed by atoms with Crippen molar-refractivity contribution in [3.8, 4) is 5.75 Å². The Kier molecular flexibility index (Phi) is 8.85. The maximum absolute atomic E-state index is 12.6. The Bertz CT molecular complexity index is 969. The predicted molar refractivity (Wildman–Crippen MR) is 124 cm³/mol. The van der Waals surface area contributed by atoms with Crippen LogP contribution in [-0.4, -0.2) is 42.3 Å². The molecular formula is C25H32N2O6. The number of esters is 1. The lowest BCUT2D eigenvalue weighted by molar-refractivity contribution is -0.145. The SMILES string of the molecule is COC(=O)[C@H](Cc1ccc(O)c(C(C)(C)C)c1)NC(=O)[C@H](C)NC(=O)OCc1ccccc1. The quantitative estimate of drug-likeness (QED) is 0.526. The molecule has 2 aromatic carbocycles. The molecule has 0 fully saturated rings. The van der Waals surface area contributed by atoms with Crippen molar-refractivity contribution in [2.24, 2.45) is 0 Å². The van der Waals surface area contributed by atoms with Crippen LogP contribution < -0.4 is 10.6 Å². The Labute approximate surface area is 194 Å². The predicted octanol–water partition coefficient (Wildman–Crippen LogP) is 3.20. The summed E-state index contributed by atoms with van der Waals surface area (Å²) in [6.45, 7) is 7.47. The van der Waals surface area contributed by atoms with Gasteiger partial charge in [0.15, 0.2) is 0 Å². The van der Waals surface area contributed by atoms with E-state index < -0.39 is 30.1 Å². The normalized spacial score (nSPS) is 12.9. The smallest absolute Gasteiger partial charge is 0.408 e. The molecular weight excluding hydrogens is 424 g/mol. The molecule has 178 valence electrons. The first-order valence-corrected chi connectivity index (χ1v) is 10.7. The highest BCUT2D eigenvalue weighted by Gasteiger charge is 2.27. The van der Waals surface area contributed by atoms with E-state index >= 15 is 0 Å². The van der Waals surface area contributed by atoms with Gasteiger partial charge in [0.05, 0.1) is 7.11 Å². The van der Waals surface area contributed by atoms with Crippen molar-refractivity contribution >= 4 is 18.0 Å². The lowest BCUT2D eigenvalue weighted by Crippen LogP contribution is -2.51. The van der Waals surface area contributed by atoms with Gasteiger partial charge in [-0.05, 0) is 35.1 Å². The Morgan fingerprint density at radius 1 is 1.00 bits per heavy atom. The van der Waals surface area contributed by atoms with Crippen LogP contribution in [0.4, 0.5) is 4.79 Å². The first kappa shape index (κ1) is 25.7. The summed E-state index contributed by atoms with van der Waals surface area (Å²) >= 11 is 0. The molecule has 33 heavy (non-hydrogen) atoms. The molecule has 0 aromatic heterocycles. The molecule has 8 heteroatoms. The fraction of sp³-hybridized carbons (Fsp3) is 0.400. The highest BCUT2D eigenvalue weighted by Crippen LogP contribution is 2.31. The van der Waals surface area contributed by atoms with Crippen molar-refractivity contribution < 1.29 is 29.0 Å². The van der Waals surface area contributed by atoms with Crippen LogP contribution in [0.1, 0.15) is 44.4 Å². The Morgan fingerprint density at radius 2 is 1.67 bits per heavy atom. The second kappa shape index (κ2) is 11.4. The number of phenolic OH excluding ortho intramolecular Hbond substituents is 1. The Balaban J connectivity index is 2.00. The lowest BCUT2D eigenvalue weighted by Gasteiger charge is -2.23. The molecule has 2 amide bonds. The summed E-state index contributed by atoms with van der Waals surface area (Å²) in [6.07, 6.45) is -0.586. The highest BCUT2D eigenvalue weighted by molar-refractivity contribution is 5.89. The largest absolute Gasteiger partial charge is 0.508 e. The molecule has 2 aromatic rings. The van der Waals surface area contributed by atoms with E-state index in [1.54, 1.807) is 18.2 Å². The van der Waals surface area contributed by atoms with Gasteiger partial charge in [-0.3, -0.25) is 4.79 Å². The van der Waals surface area contributed by atoms with Gasteiger partial charge in [-0.15, -0.1) is 0 Å². The van der Waals surface area contributed by atoms with E-state index in [0.717, 1.165) is 16.7 Å². The van der Waals surface area contributed by atoms with Crippen LogP contribution in [0.3, 0.4) is 0 Å². The minimum absolute atomic E-state index is 0.0722. The van der Waals surface area contributed by atoms with E-state index in [-0.39, 0.29) is 24.2 Å². The van der Waals surface area contributed by atoms with Crippen LogP contribution in [0, 0.1) is 0 Å². The minimum atomic E-state index is -0.968. The number of phenols is 1. The molecule has 0 radical (unpaired) electrons. The Morgan fingerprint density at radius 3 is 2.27 bits per heavy atom. The zero-order chi connectivity index (χ0) is 24.6. The third-order valence-electron chi connectivity index (χ3n) is 5.05. The molecule has 2 rings (SSSR count). The average Bonchev–Trinajstić information content (AvgIpc) is 2.77. The van der Waals surface area contributed by atoms with E-state index in [0.29, 0.717) is 0 Å². The molecule has 0 aliphatic heterocycles. The summed E-state index contributed by atoms with van der Waals surface area (Å²) in [5.74, 6) is -1.01. The summed E-state index contributed by atoms with van der Waals surface area (Å²) in [6, 6.07) is 12.3.